The third kappa shape index (κ3) is 4.22. The summed E-state index contributed by atoms with van der Waals surface area (Å²) >= 11 is 0. The van der Waals surface area contributed by atoms with Gasteiger partial charge in [-0.15, -0.1) is 0 Å². The second-order valence-corrected chi connectivity index (χ2v) is 5.45. The zero-order valence-electron chi connectivity index (χ0n) is 11.2. The Balaban J connectivity index is 1.82. The SMILES string of the molecule is CC1(O)CCN(CC(=O)Nc2cccc(N)c2)CC1. The Morgan fingerprint density at radius 3 is 2.79 bits per heavy atom. The van der Waals surface area contributed by atoms with E-state index in [1.54, 1.807) is 12.1 Å². The van der Waals surface area contributed by atoms with Crippen LogP contribution in [0.25, 0.3) is 0 Å². The number of nitrogens with two attached hydrogens (primary N) is 1. The van der Waals surface area contributed by atoms with Crippen molar-refractivity contribution < 1.29 is 9.90 Å². The molecule has 1 aromatic rings. The van der Waals surface area contributed by atoms with E-state index >= 15 is 0 Å². The maximum Gasteiger partial charge on any atom is 0.238 e. The molecule has 0 atom stereocenters. The van der Waals surface area contributed by atoms with Gasteiger partial charge in [-0.3, -0.25) is 9.69 Å². The summed E-state index contributed by atoms with van der Waals surface area (Å²) in [4.78, 5) is 14.0. The maximum absolute atomic E-state index is 11.9. The fourth-order valence-corrected chi connectivity index (χ4v) is 2.21. The molecule has 1 fully saturated rings. The molecule has 0 aliphatic carbocycles. The van der Waals surface area contributed by atoms with Gasteiger partial charge < -0.3 is 16.2 Å². The molecule has 1 aliphatic heterocycles. The third-order valence-electron chi connectivity index (χ3n) is 3.47. The molecule has 1 heterocycles. The van der Waals surface area contributed by atoms with Crippen molar-refractivity contribution >= 4 is 17.3 Å². The molecular weight excluding hydrogens is 242 g/mol. The third-order valence-corrected chi connectivity index (χ3v) is 3.47. The topological polar surface area (TPSA) is 78.6 Å². The number of piperidine rings is 1. The van der Waals surface area contributed by atoms with Crippen molar-refractivity contribution in [3.63, 3.8) is 0 Å². The van der Waals surface area contributed by atoms with Crippen molar-refractivity contribution in [2.75, 3.05) is 30.7 Å². The normalized spacial score (nSPS) is 19.1. The molecule has 1 amide bonds. The van der Waals surface area contributed by atoms with Crippen LogP contribution in [0.1, 0.15) is 19.8 Å². The monoisotopic (exact) mass is 263 g/mol. The number of carbonyl (C=O) groups is 1. The Bertz CT molecular complexity index is 450. The van der Waals surface area contributed by atoms with Gasteiger partial charge in [0.1, 0.15) is 0 Å². The van der Waals surface area contributed by atoms with Gasteiger partial charge in [-0.2, -0.15) is 0 Å². The summed E-state index contributed by atoms with van der Waals surface area (Å²) in [6.07, 6.45) is 1.41. The van der Waals surface area contributed by atoms with Crippen LogP contribution in [-0.4, -0.2) is 41.1 Å². The summed E-state index contributed by atoms with van der Waals surface area (Å²) in [5.41, 5.74) is 6.42. The highest BCUT2D eigenvalue weighted by atomic mass is 16.3. The molecule has 0 aromatic heterocycles. The van der Waals surface area contributed by atoms with Crippen molar-refractivity contribution in [2.24, 2.45) is 0 Å². The summed E-state index contributed by atoms with van der Waals surface area (Å²) in [6.45, 7) is 3.69. The number of benzene rings is 1. The molecule has 1 aliphatic rings. The summed E-state index contributed by atoms with van der Waals surface area (Å²) in [5.74, 6) is -0.0489. The van der Waals surface area contributed by atoms with Crippen LogP contribution in [0.3, 0.4) is 0 Å². The average molecular weight is 263 g/mol. The molecule has 0 saturated carbocycles. The zero-order valence-corrected chi connectivity index (χ0v) is 11.2. The van der Waals surface area contributed by atoms with Crippen molar-refractivity contribution in [2.45, 2.75) is 25.4 Å². The van der Waals surface area contributed by atoms with Crippen molar-refractivity contribution in [1.82, 2.24) is 4.90 Å². The smallest absolute Gasteiger partial charge is 0.238 e. The summed E-state index contributed by atoms with van der Waals surface area (Å²) in [7, 11) is 0. The standard InChI is InChI=1S/C14H21N3O2/c1-14(19)5-7-17(8-6-14)10-13(18)16-12-4-2-3-11(15)9-12/h2-4,9,19H,5-8,10,15H2,1H3,(H,16,18). The van der Waals surface area contributed by atoms with E-state index in [0.717, 1.165) is 13.1 Å². The van der Waals surface area contributed by atoms with Crippen LogP contribution in [0.4, 0.5) is 11.4 Å². The summed E-state index contributed by atoms with van der Waals surface area (Å²) < 4.78 is 0. The molecule has 5 heteroatoms. The number of nitrogens with zero attached hydrogens (tertiary/aromatic N) is 1. The van der Waals surface area contributed by atoms with Crippen LogP contribution in [0.15, 0.2) is 24.3 Å². The number of likely N-dealkylation sites (tertiary alicyclic amines) is 1. The Labute approximate surface area is 113 Å². The van der Waals surface area contributed by atoms with Crippen LogP contribution in [0, 0.1) is 0 Å². The predicted octanol–water partition coefficient (Wildman–Crippen LogP) is 1.05. The molecule has 1 aromatic carbocycles. The van der Waals surface area contributed by atoms with E-state index in [-0.39, 0.29) is 5.91 Å². The first-order valence-corrected chi connectivity index (χ1v) is 6.55. The van der Waals surface area contributed by atoms with E-state index in [1.807, 2.05) is 19.1 Å². The number of nitrogen functional groups attached to an aromatic ring is 1. The number of amides is 1. The van der Waals surface area contributed by atoms with Gasteiger partial charge in [0.15, 0.2) is 0 Å². The fraction of sp³-hybridized carbons (Fsp3) is 0.500. The van der Waals surface area contributed by atoms with E-state index in [9.17, 15) is 9.90 Å². The first-order chi connectivity index (χ1) is 8.94. The first-order valence-electron chi connectivity index (χ1n) is 6.55. The van der Waals surface area contributed by atoms with Gasteiger partial charge in [0, 0.05) is 24.5 Å². The first kappa shape index (κ1) is 13.8. The van der Waals surface area contributed by atoms with Gasteiger partial charge in [0.05, 0.1) is 12.1 Å². The molecule has 0 radical (unpaired) electrons. The second kappa shape index (κ2) is 5.59. The molecule has 5 nitrogen and oxygen atoms in total. The minimum Gasteiger partial charge on any atom is -0.399 e. The lowest BCUT2D eigenvalue weighted by Crippen LogP contribution is -2.45. The fourth-order valence-electron chi connectivity index (χ4n) is 2.21. The van der Waals surface area contributed by atoms with Crippen molar-refractivity contribution in [3.05, 3.63) is 24.3 Å². The summed E-state index contributed by atoms with van der Waals surface area (Å²) in [6, 6.07) is 7.14. The zero-order chi connectivity index (χ0) is 13.9. The molecular formula is C14H21N3O2. The largest absolute Gasteiger partial charge is 0.399 e. The van der Waals surface area contributed by atoms with Gasteiger partial charge in [-0.1, -0.05) is 6.07 Å². The number of carbonyl (C=O) groups excluding carboxylic acids is 1. The summed E-state index contributed by atoms with van der Waals surface area (Å²) in [5, 5.41) is 12.7. The number of hydrogen-bond acceptors (Lipinski definition) is 4. The Hall–Kier alpha value is -1.59. The van der Waals surface area contributed by atoms with Gasteiger partial charge in [-0.25, -0.2) is 0 Å². The number of rotatable bonds is 3. The minimum atomic E-state index is -0.582. The molecule has 2 rings (SSSR count). The molecule has 0 unspecified atom stereocenters. The highest BCUT2D eigenvalue weighted by molar-refractivity contribution is 5.92. The van der Waals surface area contributed by atoms with Crippen LogP contribution in [-0.2, 0) is 4.79 Å². The highest BCUT2D eigenvalue weighted by Gasteiger charge is 2.27. The highest BCUT2D eigenvalue weighted by Crippen LogP contribution is 2.20. The van der Waals surface area contributed by atoms with Gasteiger partial charge in [0.25, 0.3) is 0 Å². The Morgan fingerprint density at radius 2 is 2.16 bits per heavy atom. The lowest BCUT2D eigenvalue weighted by Gasteiger charge is -2.35. The molecule has 0 bridgehead atoms. The maximum atomic E-state index is 11.9. The molecule has 1 saturated heterocycles. The van der Waals surface area contributed by atoms with E-state index in [2.05, 4.69) is 10.2 Å². The van der Waals surface area contributed by atoms with E-state index in [1.165, 1.54) is 0 Å². The second-order valence-electron chi connectivity index (χ2n) is 5.45. The minimum absolute atomic E-state index is 0.0489. The number of anilines is 2. The van der Waals surface area contributed by atoms with E-state index in [0.29, 0.717) is 30.8 Å². The number of hydrogen-bond donors (Lipinski definition) is 3. The Morgan fingerprint density at radius 1 is 1.47 bits per heavy atom. The molecule has 0 spiro atoms. The van der Waals surface area contributed by atoms with Crippen LogP contribution >= 0.6 is 0 Å². The number of nitrogens with one attached hydrogen (secondary N) is 1. The van der Waals surface area contributed by atoms with Crippen molar-refractivity contribution in [3.8, 4) is 0 Å². The molecule has 4 N–H and O–H groups in total. The molecule has 104 valence electrons. The van der Waals surface area contributed by atoms with Crippen LogP contribution < -0.4 is 11.1 Å². The van der Waals surface area contributed by atoms with E-state index in [4.69, 9.17) is 5.73 Å². The predicted molar refractivity (Wildman–Crippen MR) is 75.8 cm³/mol. The van der Waals surface area contributed by atoms with Gasteiger partial charge in [0.2, 0.25) is 5.91 Å². The molecule has 19 heavy (non-hydrogen) atoms. The van der Waals surface area contributed by atoms with Crippen LogP contribution in [0.5, 0.6) is 0 Å². The van der Waals surface area contributed by atoms with Crippen LogP contribution in [0.2, 0.25) is 0 Å². The van der Waals surface area contributed by atoms with E-state index < -0.39 is 5.60 Å². The average Bonchev–Trinajstić information content (AvgIpc) is 2.32. The van der Waals surface area contributed by atoms with Gasteiger partial charge in [-0.05, 0) is 38.0 Å². The lowest BCUT2D eigenvalue weighted by atomic mass is 9.94. The van der Waals surface area contributed by atoms with Gasteiger partial charge >= 0.3 is 0 Å². The number of aliphatic hydroxyl groups is 1. The Kier molecular flexibility index (Phi) is 4.07. The van der Waals surface area contributed by atoms with Crippen molar-refractivity contribution in [1.29, 1.82) is 0 Å². The lowest BCUT2D eigenvalue weighted by molar-refractivity contribution is -0.118. The quantitative estimate of drug-likeness (QED) is 0.712.